The van der Waals surface area contributed by atoms with Gasteiger partial charge in [-0.25, -0.2) is 0 Å². The summed E-state index contributed by atoms with van der Waals surface area (Å²) in [5.41, 5.74) is -0.443. The predicted molar refractivity (Wildman–Crippen MR) is 195 cm³/mol. The van der Waals surface area contributed by atoms with Gasteiger partial charge in [-0.1, -0.05) is 24.3 Å². The first-order valence-corrected chi connectivity index (χ1v) is 18.8. The van der Waals surface area contributed by atoms with Crippen LogP contribution in [0.25, 0.3) is 0 Å². The predicted octanol–water partition coefficient (Wildman–Crippen LogP) is 6.19. The molecule has 0 aliphatic heterocycles. The second kappa shape index (κ2) is 16.1. The molecule has 0 saturated carbocycles. The first-order valence-electron chi connectivity index (χ1n) is 17.1. The molecule has 2 aliphatic rings. The summed E-state index contributed by atoms with van der Waals surface area (Å²) in [7, 11) is 0. The number of rotatable bonds is 18. The lowest BCUT2D eigenvalue weighted by Crippen LogP contribution is -2.26. The lowest BCUT2D eigenvalue weighted by Gasteiger charge is -2.06. The van der Waals surface area contributed by atoms with Crippen molar-refractivity contribution in [3.8, 4) is 0 Å². The molecular formula is C41H30O11S2. The van der Waals surface area contributed by atoms with E-state index in [2.05, 4.69) is 0 Å². The Morgan fingerprint density at radius 1 is 0.444 bits per heavy atom. The van der Waals surface area contributed by atoms with E-state index in [-0.39, 0.29) is 108 Å². The molecule has 0 spiro atoms. The Morgan fingerprint density at radius 2 is 0.815 bits per heavy atom. The molecule has 0 fully saturated rings. The number of fused-ring (bicyclic) bond motifs is 2. The molecule has 0 bridgehead atoms. The second-order valence-corrected chi connectivity index (χ2v) is 14.9. The van der Waals surface area contributed by atoms with Crippen LogP contribution in [0.2, 0.25) is 0 Å². The molecule has 2 aromatic carbocycles. The summed E-state index contributed by atoms with van der Waals surface area (Å²) < 4.78 is 0. The summed E-state index contributed by atoms with van der Waals surface area (Å²) in [5, 5.41) is 3.49. The Bertz CT molecular complexity index is 2130. The number of carbonyl (C=O) groups excluding carboxylic acids is 11. The van der Waals surface area contributed by atoms with Crippen LogP contribution >= 0.6 is 22.7 Å². The van der Waals surface area contributed by atoms with Crippen LogP contribution in [0.15, 0.2) is 71.4 Å². The molecule has 6 rings (SSSR count). The van der Waals surface area contributed by atoms with E-state index >= 15 is 0 Å². The quantitative estimate of drug-likeness (QED) is 0.0830. The minimum Gasteiger partial charge on any atom is -0.300 e. The largest absolute Gasteiger partial charge is 0.300 e. The molecule has 272 valence electrons. The average Bonchev–Trinajstić information content (AvgIpc) is 3.99. The molecule has 2 aliphatic carbocycles. The third-order valence-electron chi connectivity index (χ3n) is 9.47. The number of Topliss-reactive ketones (excluding diaryl/α,β-unsaturated/α-hetero) is 10. The van der Waals surface area contributed by atoms with Gasteiger partial charge in [0.25, 0.3) is 0 Å². The molecule has 2 aromatic heterocycles. The number of benzene rings is 2. The molecule has 2 heterocycles. The van der Waals surface area contributed by atoms with Gasteiger partial charge in [0.15, 0.2) is 52.0 Å². The fourth-order valence-electron chi connectivity index (χ4n) is 6.51. The topological polar surface area (TPSA) is 188 Å². The smallest absolute Gasteiger partial charge is 0.193 e. The van der Waals surface area contributed by atoms with Crippen molar-refractivity contribution in [2.45, 2.75) is 51.4 Å². The highest BCUT2D eigenvalue weighted by Crippen LogP contribution is 2.33. The number of ketones is 11. The molecule has 13 heteroatoms. The zero-order valence-electron chi connectivity index (χ0n) is 28.5. The number of hydrogen-bond donors (Lipinski definition) is 0. The molecule has 0 N–H and O–H groups in total. The maximum atomic E-state index is 13.5. The van der Waals surface area contributed by atoms with E-state index in [1.807, 2.05) is 0 Å². The SMILES string of the molecule is O=C(CCC(=O)c1cccs1)CCC(=O)C1C(=O)c2ccc(C(=O)c3ccc4c(c3)C(=O)C(C(=O)CCC(=O)CCC(=O)c3cccs3)C4=O)cc2C1=O. The summed E-state index contributed by atoms with van der Waals surface area (Å²) in [6, 6.07) is 14.2. The summed E-state index contributed by atoms with van der Waals surface area (Å²) in [6.07, 6.45) is -1.41. The second-order valence-electron chi connectivity index (χ2n) is 13.0. The van der Waals surface area contributed by atoms with Crippen LogP contribution in [0.5, 0.6) is 0 Å². The van der Waals surface area contributed by atoms with Crippen LogP contribution < -0.4 is 0 Å². The lowest BCUT2D eigenvalue weighted by molar-refractivity contribution is -0.125. The van der Waals surface area contributed by atoms with Gasteiger partial charge in [-0.3, -0.25) is 52.7 Å². The molecule has 2 atom stereocenters. The Labute approximate surface area is 315 Å². The molecule has 54 heavy (non-hydrogen) atoms. The Balaban J connectivity index is 1.05. The van der Waals surface area contributed by atoms with E-state index in [9.17, 15) is 52.7 Å². The number of hydrogen-bond acceptors (Lipinski definition) is 13. The highest BCUT2D eigenvalue weighted by molar-refractivity contribution is 7.12. The standard InChI is InChI=1S/C41H30O11S2/c42-23(7-13-29(44)33-3-1-17-53-33)9-15-31(46)35-38(49)25-11-5-21(19-27(25)40(35)51)37(48)22-6-12-26-28(20-22)41(52)36(39(26)50)32(47)16-10-24(43)8-14-30(45)34-4-2-18-54-34/h1-6,11-12,17-20,35-36H,7-10,13-16H2. The van der Waals surface area contributed by atoms with E-state index in [4.69, 9.17) is 0 Å². The molecule has 0 amide bonds. The van der Waals surface area contributed by atoms with Gasteiger partial charge in [-0.15, -0.1) is 22.7 Å². The maximum absolute atomic E-state index is 13.5. The highest BCUT2D eigenvalue weighted by Gasteiger charge is 2.44. The zero-order valence-corrected chi connectivity index (χ0v) is 30.2. The van der Waals surface area contributed by atoms with E-state index in [1.54, 1.807) is 35.0 Å². The Hall–Kier alpha value is -5.79. The van der Waals surface area contributed by atoms with Crippen LogP contribution in [0.3, 0.4) is 0 Å². The van der Waals surface area contributed by atoms with E-state index in [0.29, 0.717) is 9.75 Å². The average molecular weight is 763 g/mol. The van der Waals surface area contributed by atoms with Crippen LogP contribution in [0.4, 0.5) is 0 Å². The summed E-state index contributed by atoms with van der Waals surface area (Å²) in [4.78, 5) is 142. The minimum absolute atomic E-state index is 0.0193. The van der Waals surface area contributed by atoms with Crippen molar-refractivity contribution in [3.63, 3.8) is 0 Å². The molecular weight excluding hydrogens is 733 g/mol. The van der Waals surface area contributed by atoms with Gasteiger partial charge in [0.1, 0.15) is 23.4 Å². The molecule has 0 radical (unpaired) electrons. The van der Waals surface area contributed by atoms with E-state index in [1.165, 1.54) is 59.1 Å². The van der Waals surface area contributed by atoms with Crippen LogP contribution in [0, 0.1) is 11.8 Å². The zero-order chi connectivity index (χ0) is 38.7. The summed E-state index contributed by atoms with van der Waals surface area (Å²) >= 11 is 2.52. The van der Waals surface area contributed by atoms with Crippen molar-refractivity contribution < 1.29 is 52.7 Å². The van der Waals surface area contributed by atoms with Gasteiger partial charge in [0.2, 0.25) is 0 Å². The minimum atomic E-state index is -1.66. The van der Waals surface area contributed by atoms with E-state index in [0.717, 1.165) is 0 Å². The first-order chi connectivity index (χ1) is 25.8. The van der Waals surface area contributed by atoms with Crippen LogP contribution in [-0.2, 0) is 19.2 Å². The van der Waals surface area contributed by atoms with E-state index < -0.39 is 52.3 Å². The molecule has 11 nitrogen and oxygen atoms in total. The highest BCUT2D eigenvalue weighted by atomic mass is 32.1. The fourth-order valence-corrected chi connectivity index (χ4v) is 7.90. The molecule has 4 aromatic rings. The summed E-state index contributed by atoms with van der Waals surface area (Å²) in [5.74, 6) is -9.66. The first kappa shape index (κ1) is 38.0. The van der Waals surface area contributed by atoms with Crippen molar-refractivity contribution in [3.05, 3.63) is 115 Å². The van der Waals surface area contributed by atoms with Crippen molar-refractivity contribution >= 4 is 86.3 Å². The van der Waals surface area contributed by atoms with Gasteiger partial charge in [-0.05, 0) is 47.2 Å². The van der Waals surface area contributed by atoms with Gasteiger partial charge >= 0.3 is 0 Å². The van der Waals surface area contributed by atoms with Gasteiger partial charge in [0.05, 0.1) is 9.75 Å². The van der Waals surface area contributed by atoms with Gasteiger partial charge in [0, 0.05) is 84.7 Å². The Kier molecular flexibility index (Phi) is 11.3. The van der Waals surface area contributed by atoms with Gasteiger partial charge < -0.3 is 0 Å². The Morgan fingerprint density at radius 3 is 1.19 bits per heavy atom. The monoisotopic (exact) mass is 762 g/mol. The van der Waals surface area contributed by atoms with Crippen LogP contribution in [-0.4, -0.2) is 63.6 Å². The molecule has 2 unspecified atom stereocenters. The number of thiophene rings is 2. The normalized spacial score (nSPS) is 15.9. The van der Waals surface area contributed by atoms with Crippen molar-refractivity contribution in [1.29, 1.82) is 0 Å². The van der Waals surface area contributed by atoms with Crippen molar-refractivity contribution in [2.75, 3.05) is 0 Å². The fraction of sp³-hybridized carbons (Fsp3) is 0.244. The summed E-state index contributed by atoms with van der Waals surface area (Å²) in [6.45, 7) is 0. The molecule has 0 saturated heterocycles. The third kappa shape index (κ3) is 7.78. The third-order valence-corrected chi connectivity index (χ3v) is 11.3. The van der Waals surface area contributed by atoms with Crippen LogP contribution in [0.1, 0.15) is 128 Å². The lowest BCUT2D eigenvalue weighted by atomic mass is 9.93. The van der Waals surface area contributed by atoms with Crippen molar-refractivity contribution in [2.24, 2.45) is 11.8 Å². The van der Waals surface area contributed by atoms with Gasteiger partial charge in [-0.2, -0.15) is 0 Å². The van der Waals surface area contributed by atoms with Crippen molar-refractivity contribution in [1.82, 2.24) is 0 Å². The number of carbonyl (C=O) groups is 11. The maximum Gasteiger partial charge on any atom is 0.193 e.